The van der Waals surface area contributed by atoms with Crippen LogP contribution in [0.2, 0.25) is 10.0 Å². The fourth-order valence-electron chi connectivity index (χ4n) is 1.70. The molecule has 0 fully saturated rings. The molecule has 0 aromatic heterocycles. The Morgan fingerprint density at radius 1 is 1.21 bits per heavy atom. The summed E-state index contributed by atoms with van der Waals surface area (Å²) in [6, 6.07) is 4.37. The number of halogens is 2. The monoisotopic (exact) mass is 323 g/mol. The van der Waals surface area contributed by atoms with E-state index in [1.54, 1.807) is 0 Å². The third-order valence-electron chi connectivity index (χ3n) is 2.85. The molecule has 1 unspecified atom stereocenters. The second kappa shape index (κ2) is 7.48. The first kappa shape index (κ1) is 16.8. The van der Waals surface area contributed by atoms with Crippen molar-refractivity contribution in [2.45, 2.75) is 37.6 Å². The van der Waals surface area contributed by atoms with Gasteiger partial charge in [-0.15, -0.1) is 0 Å². The highest BCUT2D eigenvalue weighted by Gasteiger charge is 2.20. The van der Waals surface area contributed by atoms with Crippen molar-refractivity contribution < 1.29 is 8.42 Å². The number of benzene rings is 1. The van der Waals surface area contributed by atoms with Gasteiger partial charge in [0.15, 0.2) is 9.84 Å². The van der Waals surface area contributed by atoms with Crippen molar-refractivity contribution in [3.05, 3.63) is 28.2 Å². The number of sulfone groups is 1. The van der Waals surface area contributed by atoms with Gasteiger partial charge in [-0.3, -0.25) is 0 Å². The van der Waals surface area contributed by atoms with E-state index in [1.165, 1.54) is 18.2 Å². The molecule has 0 radical (unpaired) electrons. The molecule has 6 heteroatoms. The molecule has 0 saturated carbocycles. The summed E-state index contributed by atoms with van der Waals surface area (Å²) in [5.41, 5.74) is 0. The van der Waals surface area contributed by atoms with Gasteiger partial charge < -0.3 is 5.32 Å². The Bertz CT molecular complexity index is 517. The van der Waals surface area contributed by atoms with Crippen LogP contribution in [0.15, 0.2) is 23.1 Å². The van der Waals surface area contributed by atoms with Crippen LogP contribution in [0.1, 0.15) is 26.7 Å². The average molecular weight is 324 g/mol. The Hall–Kier alpha value is -0.290. The summed E-state index contributed by atoms with van der Waals surface area (Å²) < 4.78 is 24.6. The van der Waals surface area contributed by atoms with Crippen LogP contribution in [0.5, 0.6) is 0 Å². The van der Waals surface area contributed by atoms with Crippen LogP contribution in [0.3, 0.4) is 0 Å². The first-order chi connectivity index (χ1) is 8.90. The summed E-state index contributed by atoms with van der Waals surface area (Å²) in [4.78, 5) is 0.221. The minimum Gasteiger partial charge on any atom is -0.313 e. The van der Waals surface area contributed by atoms with E-state index >= 15 is 0 Å². The normalized spacial score (nSPS) is 13.5. The van der Waals surface area contributed by atoms with Crippen LogP contribution in [0.25, 0.3) is 0 Å². The predicted molar refractivity (Wildman–Crippen MR) is 80.9 cm³/mol. The number of hydrogen-bond donors (Lipinski definition) is 1. The Morgan fingerprint density at radius 2 is 1.89 bits per heavy atom. The first-order valence-electron chi connectivity index (χ1n) is 6.32. The maximum absolute atomic E-state index is 12.3. The Labute approximate surface area is 125 Å². The topological polar surface area (TPSA) is 46.2 Å². The standard InChI is InChI=1S/C13H19Cl2NO2S/c1-3-7-16-10(4-2)9-19(17,18)11-5-6-12(14)13(15)8-11/h5-6,8,10,16H,3-4,7,9H2,1-2H3. The summed E-state index contributed by atoms with van der Waals surface area (Å²) in [6.07, 6.45) is 1.74. The van der Waals surface area contributed by atoms with Crippen molar-refractivity contribution in [3.8, 4) is 0 Å². The van der Waals surface area contributed by atoms with Gasteiger partial charge >= 0.3 is 0 Å². The van der Waals surface area contributed by atoms with E-state index in [1.807, 2.05) is 13.8 Å². The fraction of sp³-hybridized carbons (Fsp3) is 0.538. The molecule has 1 rings (SSSR count). The Kier molecular flexibility index (Phi) is 6.60. The number of hydrogen-bond acceptors (Lipinski definition) is 3. The van der Waals surface area contributed by atoms with Gasteiger partial charge in [0, 0.05) is 6.04 Å². The van der Waals surface area contributed by atoms with E-state index in [0.717, 1.165) is 19.4 Å². The maximum atomic E-state index is 12.3. The third kappa shape index (κ3) is 4.95. The van der Waals surface area contributed by atoms with Gasteiger partial charge in [-0.25, -0.2) is 8.42 Å². The summed E-state index contributed by atoms with van der Waals surface area (Å²) >= 11 is 11.7. The molecule has 1 aromatic carbocycles. The van der Waals surface area contributed by atoms with Crippen LogP contribution in [-0.4, -0.2) is 26.8 Å². The molecule has 0 heterocycles. The molecule has 0 aliphatic carbocycles. The molecule has 3 nitrogen and oxygen atoms in total. The molecule has 1 N–H and O–H groups in total. The van der Waals surface area contributed by atoms with Crippen molar-refractivity contribution in [1.82, 2.24) is 5.32 Å². The van der Waals surface area contributed by atoms with Crippen LogP contribution in [0, 0.1) is 0 Å². The lowest BCUT2D eigenvalue weighted by atomic mass is 10.2. The zero-order valence-electron chi connectivity index (χ0n) is 11.1. The van der Waals surface area contributed by atoms with Crippen LogP contribution in [0.4, 0.5) is 0 Å². The second-order valence-corrected chi connectivity index (χ2v) is 7.27. The molecule has 1 atom stereocenters. The van der Waals surface area contributed by atoms with E-state index in [-0.39, 0.29) is 21.7 Å². The lowest BCUT2D eigenvalue weighted by Gasteiger charge is -2.16. The molecule has 0 saturated heterocycles. The van der Waals surface area contributed by atoms with Gasteiger partial charge in [-0.05, 0) is 37.6 Å². The zero-order chi connectivity index (χ0) is 14.5. The molecule has 0 amide bonds. The summed E-state index contributed by atoms with van der Waals surface area (Å²) in [7, 11) is -3.35. The lowest BCUT2D eigenvalue weighted by molar-refractivity contribution is 0.519. The largest absolute Gasteiger partial charge is 0.313 e. The summed E-state index contributed by atoms with van der Waals surface area (Å²) in [5, 5.41) is 3.85. The molecule has 108 valence electrons. The van der Waals surface area contributed by atoms with E-state index in [4.69, 9.17) is 23.2 Å². The minimum absolute atomic E-state index is 0.0422. The first-order valence-corrected chi connectivity index (χ1v) is 8.72. The maximum Gasteiger partial charge on any atom is 0.179 e. The number of rotatable bonds is 7. The van der Waals surface area contributed by atoms with Gasteiger partial charge in [0.2, 0.25) is 0 Å². The van der Waals surface area contributed by atoms with Gasteiger partial charge in [0.25, 0.3) is 0 Å². The fourth-order valence-corrected chi connectivity index (χ4v) is 3.71. The highest BCUT2D eigenvalue weighted by atomic mass is 35.5. The average Bonchev–Trinajstić information content (AvgIpc) is 2.37. The van der Waals surface area contributed by atoms with Crippen molar-refractivity contribution >= 4 is 33.0 Å². The van der Waals surface area contributed by atoms with E-state index in [9.17, 15) is 8.42 Å². The number of nitrogens with one attached hydrogen (secondary N) is 1. The Balaban J connectivity index is 2.87. The van der Waals surface area contributed by atoms with E-state index in [0.29, 0.717) is 5.02 Å². The van der Waals surface area contributed by atoms with Crippen LogP contribution in [-0.2, 0) is 9.84 Å². The lowest BCUT2D eigenvalue weighted by Crippen LogP contribution is -2.35. The highest BCUT2D eigenvalue weighted by molar-refractivity contribution is 7.91. The molecular weight excluding hydrogens is 305 g/mol. The van der Waals surface area contributed by atoms with Crippen molar-refractivity contribution in [3.63, 3.8) is 0 Å². The second-order valence-electron chi connectivity index (χ2n) is 4.42. The molecule has 19 heavy (non-hydrogen) atoms. The quantitative estimate of drug-likeness (QED) is 0.834. The van der Waals surface area contributed by atoms with E-state index < -0.39 is 9.84 Å². The zero-order valence-corrected chi connectivity index (χ0v) is 13.4. The van der Waals surface area contributed by atoms with Gasteiger partial charge in [-0.1, -0.05) is 37.0 Å². The van der Waals surface area contributed by atoms with Crippen LogP contribution < -0.4 is 5.32 Å². The minimum atomic E-state index is -3.35. The summed E-state index contributed by atoms with van der Waals surface area (Å²) in [5.74, 6) is 0.0709. The highest BCUT2D eigenvalue weighted by Crippen LogP contribution is 2.25. The molecule has 0 spiro atoms. The summed E-state index contributed by atoms with van der Waals surface area (Å²) in [6.45, 7) is 4.83. The molecular formula is C13H19Cl2NO2S. The Morgan fingerprint density at radius 3 is 2.42 bits per heavy atom. The third-order valence-corrected chi connectivity index (χ3v) is 5.40. The predicted octanol–water partition coefficient (Wildman–Crippen LogP) is 3.55. The van der Waals surface area contributed by atoms with E-state index in [2.05, 4.69) is 5.32 Å². The SMILES string of the molecule is CCCNC(CC)CS(=O)(=O)c1ccc(Cl)c(Cl)c1. The van der Waals surface area contributed by atoms with Gasteiger partial charge in [0.05, 0.1) is 20.7 Å². The molecule has 0 bridgehead atoms. The van der Waals surface area contributed by atoms with Crippen LogP contribution >= 0.6 is 23.2 Å². The molecule has 0 aliphatic rings. The van der Waals surface area contributed by atoms with Crippen molar-refractivity contribution in [2.75, 3.05) is 12.3 Å². The molecule has 1 aromatic rings. The van der Waals surface area contributed by atoms with Crippen molar-refractivity contribution in [1.29, 1.82) is 0 Å². The van der Waals surface area contributed by atoms with Crippen molar-refractivity contribution in [2.24, 2.45) is 0 Å². The van der Waals surface area contributed by atoms with Gasteiger partial charge in [0.1, 0.15) is 0 Å². The van der Waals surface area contributed by atoms with Gasteiger partial charge in [-0.2, -0.15) is 0 Å². The molecule has 0 aliphatic heterocycles. The smallest absolute Gasteiger partial charge is 0.179 e.